The molecule has 1 aromatic heterocycles. The van der Waals surface area contributed by atoms with Gasteiger partial charge in [-0.05, 0) is 25.8 Å². The van der Waals surface area contributed by atoms with Gasteiger partial charge in [-0.15, -0.1) is 11.3 Å². The summed E-state index contributed by atoms with van der Waals surface area (Å²) >= 11 is 0.580. The third-order valence-electron chi connectivity index (χ3n) is 3.62. The maximum Gasteiger partial charge on any atom is 0.443 e. The highest BCUT2D eigenvalue weighted by atomic mass is 32.1. The van der Waals surface area contributed by atoms with Gasteiger partial charge in [0.25, 0.3) is 0 Å². The molecule has 0 aromatic carbocycles. The zero-order valence-corrected chi connectivity index (χ0v) is 11.6. The monoisotopic (exact) mass is 314 g/mol. The van der Waals surface area contributed by atoms with Crippen molar-refractivity contribution in [2.24, 2.45) is 5.92 Å². The number of nitrogens with one attached hydrogen (secondary N) is 1. The van der Waals surface area contributed by atoms with Crippen LogP contribution in [0, 0.1) is 5.92 Å². The Balaban J connectivity index is 2.11. The summed E-state index contributed by atoms with van der Waals surface area (Å²) in [5, 5.41) is 2.04. The van der Waals surface area contributed by atoms with E-state index in [4.69, 9.17) is 0 Å². The van der Waals surface area contributed by atoms with Crippen molar-refractivity contribution in [3.63, 3.8) is 0 Å². The molecule has 1 atom stereocenters. The van der Waals surface area contributed by atoms with Crippen molar-refractivity contribution >= 4 is 11.3 Å². The Morgan fingerprint density at radius 3 is 2.40 bits per heavy atom. The van der Waals surface area contributed by atoms with Gasteiger partial charge in [0.15, 0.2) is 5.01 Å². The van der Waals surface area contributed by atoms with Gasteiger partial charge >= 0.3 is 6.18 Å². The Morgan fingerprint density at radius 1 is 1.35 bits per heavy atom. The zero-order valence-electron chi connectivity index (χ0n) is 10.8. The minimum absolute atomic E-state index is 0.0823. The fraction of sp³-hybridized carbons (Fsp3) is 0.750. The maximum absolute atomic E-state index is 13.1. The lowest BCUT2D eigenvalue weighted by Gasteiger charge is -2.33. The fourth-order valence-corrected chi connectivity index (χ4v) is 3.55. The highest BCUT2D eigenvalue weighted by Gasteiger charge is 2.39. The molecule has 1 aliphatic carbocycles. The normalized spacial score (nSPS) is 21.9. The molecule has 114 valence electrons. The fourth-order valence-electron chi connectivity index (χ4n) is 2.57. The highest BCUT2D eigenvalue weighted by Crippen LogP contribution is 2.43. The van der Waals surface area contributed by atoms with Crippen LogP contribution in [-0.2, 0) is 6.18 Å². The van der Waals surface area contributed by atoms with E-state index in [1.54, 1.807) is 7.05 Å². The lowest BCUT2D eigenvalue weighted by molar-refractivity contribution is -0.137. The number of hydrogen-bond acceptors (Lipinski definition) is 3. The first-order valence-corrected chi connectivity index (χ1v) is 7.12. The Labute approximate surface area is 117 Å². The molecule has 1 heterocycles. The number of rotatable bonds is 3. The summed E-state index contributed by atoms with van der Waals surface area (Å²) in [4.78, 5) is 3.84. The van der Waals surface area contributed by atoms with Crippen molar-refractivity contribution in [2.45, 2.75) is 43.8 Å². The average molecular weight is 314 g/mol. The maximum atomic E-state index is 13.1. The van der Waals surface area contributed by atoms with E-state index in [1.165, 1.54) is 6.20 Å². The standard InChI is InChI=1S/C12H15F5N2S/c1-18-9(7-2-4-11(13,14)5-3-7)8-6-19-10(20-8)12(15,16)17/h6-7,9,18H,2-5H2,1H3. The quantitative estimate of drug-likeness (QED) is 0.844. The van der Waals surface area contributed by atoms with Crippen molar-refractivity contribution in [3.05, 3.63) is 16.1 Å². The van der Waals surface area contributed by atoms with Crippen LogP contribution in [0.2, 0.25) is 0 Å². The molecule has 1 N–H and O–H groups in total. The van der Waals surface area contributed by atoms with Crippen LogP contribution in [0.3, 0.4) is 0 Å². The molecular formula is C12H15F5N2S. The zero-order chi connectivity index (χ0) is 15.0. The van der Waals surface area contributed by atoms with Gasteiger partial charge in [0.05, 0.1) is 0 Å². The van der Waals surface area contributed by atoms with Crippen molar-refractivity contribution in [3.8, 4) is 0 Å². The second-order valence-electron chi connectivity index (χ2n) is 5.03. The smallest absolute Gasteiger partial charge is 0.312 e. The molecule has 1 aliphatic rings. The van der Waals surface area contributed by atoms with Crippen molar-refractivity contribution in [1.29, 1.82) is 0 Å². The summed E-state index contributed by atoms with van der Waals surface area (Å²) in [7, 11) is 1.63. The molecule has 1 aromatic rings. The second kappa shape index (κ2) is 5.55. The third kappa shape index (κ3) is 3.46. The van der Waals surface area contributed by atoms with E-state index >= 15 is 0 Å². The van der Waals surface area contributed by atoms with Crippen LogP contribution in [0.5, 0.6) is 0 Å². The van der Waals surface area contributed by atoms with Crippen LogP contribution in [0.4, 0.5) is 22.0 Å². The van der Waals surface area contributed by atoms with E-state index in [1.807, 2.05) is 0 Å². The summed E-state index contributed by atoms with van der Waals surface area (Å²) in [6.07, 6.45) is -3.07. The molecule has 20 heavy (non-hydrogen) atoms. The lowest BCUT2D eigenvalue weighted by atomic mass is 9.81. The summed E-state index contributed by atoms with van der Waals surface area (Å²) in [5.74, 6) is -2.72. The molecule has 1 unspecified atom stereocenters. The number of alkyl halides is 5. The van der Waals surface area contributed by atoms with E-state index in [0.717, 1.165) is 0 Å². The van der Waals surface area contributed by atoms with E-state index in [0.29, 0.717) is 29.1 Å². The van der Waals surface area contributed by atoms with Crippen molar-refractivity contribution < 1.29 is 22.0 Å². The highest BCUT2D eigenvalue weighted by molar-refractivity contribution is 7.11. The predicted octanol–water partition coefficient (Wildman–Crippen LogP) is 4.25. The number of halogens is 5. The topological polar surface area (TPSA) is 24.9 Å². The molecule has 2 rings (SSSR count). The van der Waals surface area contributed by atoms with Gasteiger partial charge in [0, 0.05) is 30.0 Å². The van der Waals surface area contributed by atoms with Crippen LogP contribution >= 0.6 is 11.3 Å². The molecular weight excluding hydrogens is 299 g/mol. The molecule has 1 fully saturated rings. The molecule has 0 aliphatic heterocycles. The van der Waals surface area contributed by atoms with Crippen molar-refractivity contribution in [1.82, 2.24) is 10.3 Å². The van der Waals surface area contributed by atoms with Gasteiger partial charge in [-0.3, -0.25) is 0 Å². The first-order valence-electron chi connectivity index (χ1n) is 6.31. The van der Waals surface area contributed by atoms with E-state index in [2.05, 4.69) is 10.3 Å². The summed E-state index contributed by atoms with van der Waals surface area (Å²) in [6, 6.07) is -0.348. The minimum atomic E-state index is -4.46. The molecule has 0 saturated heterocycles. The summed E-state index contributed by atoms with van der Waals surface area (Å²) in [6.45, 7) is 0. The molecule has 0 amide bonds. The van der Waals surface area contributed by atoms with Gasteiger partial charge in [-0.25, -0.2) is 13.8 Å². The first-order chi connectivity index (χ1) is 9.23. The molecule has 0 radical (unpaired) electrons. The largest absolute Gasteiger partial charge is 0.443 e. The number of nitrogens with zero attached hydrogens (tertiary/aromatic N) is 1. The van der Waals surface area contributed by atoms with Crippen molar-refractivity contribution in [2.75, 3.05) is 7.05 Å². The van der Waals surface area contributed by atoms with Gasteiger partial charge in [-0.1, -0.05) is 0 Å². The number of hydrogen-bond donors (Lipinski definition) is 1. The first kappa shape index (κ1) is 15.6. The van der Waals surface area contributed by atoms with Crippen LogP contribution in [0.25, 0.3) is 0 Å². The average Bonchev–Trinajstić information content (AvgIpc) is 2.81. The van der Waals surface area contributed by atoms with Crippen LogP contribution < -0.4 is 5.32 Å². The predicted molar refractivity (Wildman–Crippen MR) is 65.8 cm³/mol. The van der Waals surface area contributed by atoms with E-state index in [-0.39, 0.29) is 24.8 Å². The van der Waals surface area contributed by atoms with Gasteiger partial charge in [0.1, 0.15) is 0 Å². The summed E-state index contributed by atoms with van der Waals surface area (Å²) in [5.41, 5.74) is 0. The number of thiazole rings is 1. The van der Waals surface area contributed by atoms with Gasteiger partial charge < -0.3 is 5.32 Å². The van der Waals surface area contributed by atoms with Crippen LogP contribution in [0.1, 0.15) is 41.6 Å². The van der Waals surface area contributed by atoms with Crippen LogP contribution in [-0.4, -0.2) is 18.0 Å². The van der Waals surface area contributed by atoms with Crippen LogP contribution in [0.15, 0.2) is 6.20 Å². The van der Waals surface area contributed by atoms with Gasteiger partial charge in [-0.2, -0.15) is 13.2 Å². The minimum Gasteiger partial charge on any atom is -0.312 e. The van der Waals surface area contributed by atoms with Gasteiger partial charge in [0.2, 0.25) is 5.92 Å². The molecule has 0 spiro atoms. The Bertz CT molecular complexity index is 447. The third-order valence-corrected chi connectivity index (χ3v) is 4.74. The molecule has 0 bridgehead atoms. The lowest BCUT2D eigenvalue weighted by Crippen LogP contribution is -2.32. The molecule has 2 nitrogen and oxygen atoms in total. The molecule has 1 saturated carbocycles. The van der Waals surface area contributed by atoms with E-state index in [9.17, 15) is 22.0 Å². The molecule has 8 heteroatoms. The Kier molecular flexibility index (Phi) is 4.34. The second-order valence-corrected chi connectivity index (χ2v) is 6.09. The Morgan fingerprint density at radius 2 is 1.95 bits per heavy atom. The van der Waals surface area contributed by atoms with E-state index < -0.39 is 17.1 Å². The Hall–Kier alpha value is -0.760. The number of aromatic nitrogens is 1. The summed E-state index contributed by atoms with van der Waals surface area (Å²) < 4.78 is 63.9. The SMILES string of the molecule is CNC(c1cnc(C(F)(F)F)s1)C1CCC(F)(F)CC1.